The molecule has 0 unspecified atom stereocenters. The summed E-state index contributed by atoms with van der Waals surface area (Å²) in [6, 6.07) is 14.4. The van der Waals surface area contributed by atoms with Gasteiger partial charge in [-0.3, -0.25) is 5.10 Å². The van der Waals surface area contributed by atoms with E-state index >= 15 is 0 Å². The Hall–Kier alpha value is -2.53. The molecule has 0 aliphatic carbocycles. The molecule has 22 heavy (non-hydrogen) atoms. The van der Waals surface area contributed by atoms with E-state index in [0.29, 0.717) is 10.8 Å². The highest BCUT2D eigenvalue weighted by Crippen LogP contribution is 2.17. The van der Waals surface area contributed by atoms with Gasteiger partial charge in [0, 0.05) is 10.4 Å². The number of hydrogen-bond acceptors (Lipinski definition) is 4. The fourth-order valence-corrected chi connectivity index (χ4v) is 2.14. The van der Waals surface area contributed by atoms with Crippen LogP contribution in [-0.4, -0.2) is 29.4 Å². The monoisotopic (exact) mass is 316 g/mol. The second kappa shape index (κ2) is 6.49. The third-order valence-corrected chi connectivity index (χ3v) is 3.31. The number of nitrogens with zero attached hydrogens (tertiary/aromatic N) is 1. The van der Waals surface area contributed by atoms with Gasteiger partial charge in [-0.1, -0.05) is 29.8 Å². The van der Waals surface area contributed by atoms with Gasteiger partial charge < -0.3 is 9.47 Å². The molecule has 0 fully saturated rings. The van der Waals surface area contributed by atoms with Gasteiger partial charge >= 0.3 is 5.97 Å². The minimum Gasteiger partial charge on any atom is -0.490 e. The molecule has 0 spiro atoms. The number of para-hydroxylation sites is 1. The third kappa shape index (κ3) is 3.20. The Bertz CT molecular complexity index is 783. The van der Waals surface area contributed by atoms with Gasteiger partial charge in [0.25, 0.3) is 0 Å². The van der Waals surface area contributed by atoms with Crippen LogP contribution in [0.5, 0.6) is 5.75 Å². The Labute approximate surface area is 131 Å². The molecule has 0 saturated carbocycles. The highest BCUT2D eigenvalue weighted by atomic mass is 35.5. The Kier molecular flexibility index (Phi) is 4.25. The SMILES string of the molecule is O=C(OCCOc1ccc(Cl)cc1)c1n[nH]c2ccccc12. The zero-order valence-corrected chi connectivity index (χ0v) is 12.3. The minimum absolute atomic E-state index is 0.142. The normalized spacial score (nSPS) is 10.6. The van der Waals surface area contributed by atoms with Crippen LogP contribution in [0.4, 0.5) is 0 Å². The van der Waals surface area contributed by atoms with Gasteiger partial charge in [0.2, 0.25) is 0 Å². The van der Waals surface area contributed by atoms with Gasteiger partial charge in [-0.15, -0.1) is 0 Å². The molecule has 5 nitrogen and oxygen atoms in total. The molecule has 0 amide bonds. The maximum atomic E-state index is 12.0. The number of esters is 1. The van der Waals surface area contributed by atoms with E-state index in [9.17, 15) is 4.79 Å². The van der Waals surface area contributed by atoms with Crippen molar-refractivity contribution in [2.45, 2.75) is 0 Å². The number of aromatic nitrogens is 2. The smallest absolute Gasteiger partial charge is 0.359 e. The van der Waals surface area contributed by atoms with Crippen molar-refractivity contribution in [1.29, 1.82) is 0 Å². The van der Waals surface area contributed by atoms with Crippen LogP contribution in [0.1, 0.15) is 10.5 Å². The molecular weight excluding hydrogens is 304 g/mol. The molecule has 1 aromatic heterocycles. The van der Waals surface area contributed by atoms with Crippen molar-refractivity contribution in [2.75, 3.05) is 13.2 Å². The molecule has 6 heteroatoms. The van der Waals surface area contributed by atoms with Gasteiger partial charge in [-0.2, -0.15) is 5.10 Å². The number of hydrogen-bond donors (Lipinski definition) is 1. The summed E-state index contributed by atoms with van der Waals surface area (Å²) in [4.78, 5) is 12.0. The van der Waals surface area contributed by atoms with Crippen LogP contribution >= 0.6 is 11.6 Å². The lowest BCUT2D eigenvalue weighted by Gasteiger charge is -2.06. The van der Waals surface area contributed by atoms with Gasteiger partial charge in [0.05, 0.1) is 5.52 Å². The molecule has 0 atom stereocenters. The van der Waals surface area contributed by atoms with Crippen LogP contribution in [0, 0.1) is 0 Å². The molecular formula is C16H13ClN2O3. The largest absolute Gasteiger partial charge is 0.490 e. The number of ether oxygens (including phenoxy) is 2. The molecule has 0 aliphatic rings. The fourth-order valence-electron chi connectivity index (χ4n) is 2.01. The first-order chi connectivity index (χ1) is 10.7. The first-order valence-corrected chi connectivity index (χ1v) is 7.10. The van der Waals surface area contributed by atoms with Crippen molar-refractivity contribution in [3.05, 3.63) is 59.2 Å². The molecule has 0 aliphatic heterocycles. The first kappa shape index (κ1) is 14.4. The number of halogens is 1. The summed E-state index contributed by atoms with van der Waals surface area (Å²) in [6.07, 6.45) is 0. The summed E-state index contributed by atoms with van der Waals surface area (Å²) >= 11 is 5.78. The van der Waals surface area contributed by atoms with Crippen LogP contribution < -0.4 is 4.74 Å². The molecule has 0 bridgehead atoms. The number of benzene rings is 2. The lowest BCUT2D eigenvalue weighted by atomic mass is 10.2. The van der Waals surface area contributed by atoms with Crippen LogP contribution in [0.25, 0.3) is 10.9 Å². The molecule has 1 N–H and O–H groups in total. The summed E-state index contributed by atoms with van der Waals surface area (Å²) in [5.74, 6) is 0.197. The highest BCUT2D eigenvalue weighted by Gasteiger charge is 2.14. The molecule has 2 aromatic carbocycles. The van der Waals surface area contributed by atoms with Gasteiger partial charge in [-0.05, 0) is 30.3 Å². The van der Waals surface area contributed by atoms with Crippen LogP contribution in [0.2, 0.25) is 5.02 Å². The number of carbonyl (C=O) groups is 1. The van der Waals surface area contributed by atoms with E-state index in [1.54, 1.807) is 24.3 Å². The summed E-state index contributed by atoms with van der Waals surface area (Å²) in [6.45, 7) is 0.401. The molecule has 3 rings (SSSR count). The lowest BCUT2D eigenvalue weighted by molar-refractivity contribution is 0.0446. The van der Waals surface area contributed by atoms with E-state index in [-0.39, 0.29) is 18.9 Å². The second-order valence-electron chi connectivity index (χ2n) is 4.56. The molecule has 0 radical (unpaired) electrons. The maximum Gasteiger partial charge on any atom is 0.359 e. The Morgan fingerprint density at radius 3 is 2.68 bits per heavy atom. The zero-order valence-electron chi connectivity index (χ0n) is 11.6. The number of H-pyrrole nitrogens is 1. The predicted octanol–water partition coefficient (Wildman–Crippen LogP) is 3.45. The van der Waals surface area contributed by atoms with Crippen molar-refractivity contribution in [3.63, 3.8) is 0 Å². The maximum absolute atomic E-state index is 12.0. The molecule has 112 valence electrons. The first-order valence-electron chi connectivity index (χ1n) is 6.72. The van der Waals surface area contributed by atoms with Crippen molar-refractivity contribution in [1.82, 2.24) is 10.2 Å². The number of aromatic amines is 1. The van der Waals surface area contributed by atoms with E-state index in [1.807, 2.05) is 24.3 Å². The highest BCUT2D eigenvalue weighted by molar-refractivity contribution is 6.30. The van der Waals surface area contributed by atoms with E-state index < -0.39 is 5.97 Å². The van der Waals surface area contributed by atoms with E-state index in [4.69, 9.17) is 21.1 Å². The van der Waals surface area contributed by atoms with Gasteiger partial charge in [0.15, 0.2) is 5.69 Å². The number of fused-ring (bicyclic) bond motifs is 1. The Balaban J connectivity index is 1.53. The van der Waals surface area contributed by atoms with Crippen molar-refractivity contribution < 1.29 is 14.3 Å². The summed E-state index contributed by atoms with van der Waals surface area (Å²) < 4.78 is 10.6. The quantitative estimate of drug-likeness (QED) is 0.578. The Morgan fingerprint density at radius 1 is 1.09 bits per heavy atom. The Morgan fingerprint density at radius 2 is 1.86 bits per heavy atom. The third-order valence-electron chi connectivity index (χ3n) is 3.06. The number of nitrogens with one attached hydrogen (secondary N) is 1. The summed E-state index contributed by atoms with van der Waals surface area (Å²) in [7, 11) is 0. The summed E-state index contributed by atoms with van der Waals surface area (Å²) in [5, 5.41) is 8.17. The average molecular weight is 317 g/mol. The predicted molar refractivity (Wildman–Crippen MR) is 83.3 cm³/mol. The zero-order chi connectivity index (χ0) is 15.4. The van der Waals surface area contributed by atoms with E-state index in [1.165, 1.54) is 0 Å². The van der Waals surface area contributed by atoms with E-state index in [2.05, 4.69) is 10.2 Å². The fraction of sp³-hybridized carbons (Fsp3) is 0.125. The number of rotatable bonds is 5. The van der Waals surface area contributed by atoms with Crippen molar-refractivity contribution in [2.24, 2.45) is 0 Å². The number of carbonyl (C=O) groups excluding carboxylic acids is 1. The van der Waals surface area contributed by atoms with Gasteiger partial charge in [0.1, 0.15) is 19.0 Å². The second-order valence-corrected chi connectivity index (χ2v) is 4.99. The van der Waals surface area contributed by atoms with Crippen LogP contribution in [0.3, 0.4) is 0 Å². The molecule has 0 saturated heterocycles. The van der Waals surface area contributed by atoms with Crippen LogP contribution in [-0.2, 0) is 4.74 Å². The van der Waals surface area contributed by atoms with Crippen molar-refractivity contribution >= 4 is 28.5 Å². The van der Waals surface area contributed by atoms with Gasteiger partial charge in [-0.25, -0.2) is 4.79 Å². The summed E-state index contributed by atoms with van der Waals surface area (Å²) in [5.41, 5.74) is 1.08. The van der Waals surface area contributed by atoms with Crippen molar-refractivity contribution in [3.8, 4) is 5.75 Å². The minimum atomic E-state index is -0.475. The lowest BCUT2D eigenvalue weighted by Crippen LogP contribution is -2.13. The molecule has 3 aromatic rings. The van der Waals surface area contributed by atoms with E-state index in [0.717, 1.165) is 10.9 Å². The average Bonchev–Trinajstić information content (AvgIpc) is 2.97. The molecule has 1 heterocycles. The topological polar surface area (TPSA) is 64.2 Å². The van der Waals surface area contributed by atoms with Crippen LogP contribution in [0.15, 0.2) is 48.5 Å². The standard InChI is InChI=1S/C16H13ClN2O3/c17-11-5-7-12(8-6-11)21-9-10-22-16(20)15-13-3-1-2-4-14(13)18-19-15/h1-8H,9-10H2,(H,18,19).